The van der Waals surface area contributed by atoms with Crippen LogP contribution in [0.25, 0.3) is 0 Å². The maximum absolute atomic E-state index is 12.3. The first kappa shape index (κ1) is 12.7. The predicted molar refractivity (Wildman–Crippen MR) is 68.9 cm³/mol. The molecular formula is C12H20N2O2S. The summed E-state index contributed by atoms with van der Waals surface area (Å²) in [5, 5.41) is 3.28. The standard InChI is InChI=1S/C12H20N2O2S/c1-8-10(15)13-12(2,3)11(16)14(8)7-9-5-4-6-17-9/h8-9H,4-7H2,1-3H3,(H,13,15). The van der Waals surface area contributed by atoms with Gasteiger partial charge >= 0.3 is 0 Å². The van der Waals surface area contributed by atoms with E-state index in [1.165, 1.54) is 12.2 Å². The number of thioether (sulfide) groups is 1. The lowest BCUT2D eigenvalue weighted by molar-refractivity contribution is -0.152. The summed E-state index contributed by atoms with van der Waals surface area (Å²) in [5.41, 5.74) is -0.757. The molecule has 2 aliphatic heterocycles. The van der Waals surface area contributed by atoms with Crippen molar-refractivity contribution >= 4 is 23.6 Å². The van der Waals surface area contributed by atoms with Crippen LogP contribution in [-0.4, -0.2) is 45.8 Å². The molecule has 17 heavy (non-hydrogen) atoms. The molecule has 2 rings (SSSR count). The van der Waals surface area contributed by atoms with E-state index in [1.807, 2.05) is 18.7 Å². The van der Waals surface area contributed by atoms with E-state index in [9.17, 15) is 9.59 Å². The van der Waals surface area contributed by atoms with Gasteiger partial charge in [-0.05, 0) is 39.4 Å². The van der Waals surface area contributed by atoms with Crippen LogP contribution in [0, 0.1) is 0 Å². The van der Waals surface area contributed by atoms with E-state index in [-0.39, 0.29) is 17.9 Å². The van der Waals surface area contributed by atoms with Gasteiger partial charge in [0.25, 0.3) is 0 Å². The maximum atomic E-state index is 12.3. The Bertz CT molecular complexity index is 337. The minimum Gasteiger partial charge on any atom is -0.340 e. The average Bonchev–Trinajstić information content (AvgIpc) is 2.74. The van der Waals surface area contributed by atoms with Crippen LogP contribution >= 0.6 is 11.8 Å². The first-order valence-corrected chi connectivity index (χ1v) is 7.21. The third kappa shape index (κ3) is 2.44. The summed E-state index contributed by atoms with van der Waals surface area (Å²) in [5.74, 6) is 1.17. The van der Waals surface area contributed by atoms with E-state index in [0.29, 0.717) is 11.8 Å². The molecular weight excluding hydrogens is 236 g/mol. The molecule has 2 fully saturated rings. The van der Waals surface area contributed by atoms with Gasteiger partial charge in [0.15, 0.2) is 0 Å². The van der Waals surface area contributed by atoms with Crippen molar-refractivity contribution in [1.82, 2.24) is 10.2 Å². The Hall–Kier alpha value is -0.710. The van der Waals surface area contributed by atoms with E-state index in [4.69, 9.17) is 0 Å². The molecule has 5 heteroatoms. The second-order valence-corrected chi connectivity index (χ2v) is 6.79. The molecule has 0 radical (unpaired) electrons. The normalized spacial score (nSPS) is 32.8. The van der Waals surface area contributed by atoms with Gasteiger partial charge in [0.05, 0.1) is 0 Å². The van der Waals surface area contributed by atoms with Crippen molar-refractivity contribution < 1.29 is 9.59 Å². The third-order valence-corrected chi connectivity index (χ3v) is 4.88. The SMILES string of the molecule is CC1C(=O)NC(C)(C)C(=O)N1CC1CCCS1. The number of nitrogens with one attached hydrogen (secondary N) is 1. The van der Waals surface area contributed by atoms with Gasteiger partial charge in [-0.1, -0.05) is 0 Å². The lowest BCUT2D eigenvalue weighted by Crippen LogP contribution is -2.68. The third-order valence-electron chi connectivity index (χ3n) is 3.50. The number of nitrogens with zero attached hydrogens (tertiary/aromatic N) is 1. The molecule has 2 heterocycles. The van der Waals surface area contributed by atoms with E-state index < -0.39 is 5.54 Å². The Balaban J connectivity index is 2.11. The fourth-order valence-corrected chi connectivity index (χ4v) is 3.66. The van der Waals surface area contributed by atoms with Crippen LogP contribution in [0.2, 0.25) is 0 Å². The average molecular weight is 256 g/mol. The second kappa shape index (κ2) is 4.52. The topological polar surface area (TPSA) is 49.4 Å². The summed E-state index contributed by atoms with van der Waals surface area (Å²) < 4.78 is 0. The molecule has 0 aromatic rings. The monoisotopic (exact) mass is 256 g/mol. The van der Waals surface area contributed by atoms with E-state index >= 15 is 0 Å². The van der Waals surface area contributed by atoms with Crippen molar-refractivity contribution in [2.45, 2.75) is 50.4 Å². The van der Waals surface area contributed by atoms with Crippen LogP contribution in [0.3, 0.4) is 0 Å². The molecule has 0 spiro atoms. The Labute approximate surface area is 106 Å². The quantitative estimate of drug-likeness (QED) is 0.802. The first-order valence-electron chi connectivity index (χ1n) is 6.16. The Morgan fingerprint density at radius 2 is 2.18 bits per heavy atom. The van der Waals surface area contributed by atoms with Gasteiger partial charge in [0, 0.05) is 11.8 Å². The van der Waals surface area contributed by atoms with Crippen LogP contribution in [-0.2, 0) is 9.59 Å². The van der Waals surface area contributed by atoms with E-state index in [2.05, 4.69) is 5.32 Å². The van der Waals surface area contributed by atoms with Gasteiger partial charge in [-0.25, -0.2) is 0 Å². The van der Waals surface area contributed by atoms with Gasteiger partial charge in [0.2, 0.25) is 11.8 Å². The smallest absolute Gasteiger partial charge is 0.248 e. The highest BCUT2D eigenvalue weighted by Crippen LogP contribution is 2.29. The summed E-state index contributed by atoms with van der Waals surface area (Å²) >= 11 is 1.92. The van der Waals surface area contributed by atoms with E-state index in [1.54, 1.807) is 18.7 Å². The van der Waals surface area contributed by atoms with Crippen LogP contribution < -0.4 is 5.32 Å². The fraction of sp³-hybridized carbons (Fsp3) is 0.833. The number of rotatable bonds is 2. The van der Waals surface area contributed by atoms with Gasteiger partial charge in [-0.15, -0.1) is 0 Å². The van der Waals surface area contributed by atoms with Gasteiger partial charge in [-0.3, -0.25) is 9.59 Å². The molecule has 2 aliphatic rings. The van der Waals surface area contributed by atoms with Crippen molar-refractivity contribution in [3.8, 4) is 0 Å². The molecule has 0 aromatic heterocycles. The highest BCUT2D eigenvalue weighted by molar-refractivity contribution is 8.00. The maximum Gasteiger partial charge on any atom is 0.248 e. The molecule has 2 unspecified atom stereocenters. The molecule has 2 saturated heterocycles. The minimum atomic E-state index is -0.757. The Morgan fingerprint density at radius 1 is 1.47 bits per heavy atom. The molecule has 1 N–H and O–H groups in total. The van der Waals surface area contributed by atoms with Crippen LogP contribution in [0.5, 0.6) is 0 Å². The van der Waals surface area contributed by atoms with Crippen LogP contribution in [0.4, 0.5) is 0 Å². The highest BCUT2D eigenvalue weighted by atomic mass is 32.2. The summed E-state index contributed by atoms with van der Waals surface area (Å²) in [7, 11) is 0. The molecule has 0 aromatic carbocycles. The zero-order chi connectivity index (χ0) is 12.6. The van der Waals surface area contributed by atoms with Crippen molar-refractivity contribution in [2.24, 2.45) is 0 Å². The molecule has 0 bridgehead atoms. The number of piperazine rings is 1. The summed E-state index contributed by atoms with van der Waals surface area (Å²) in [6.07, 6.45) is 2.38. The van der Waals surface area contributed by atoms with Gasteiger partial charge in [-0.2, -0.15) is 11.8 Å². The number of hydrogen-bond acceptors (Lipinski definition) is 3. The lowest BCUT2D eigenvalue weighted by Gasteiger charge is -2.42. The van der Waals surface area contributed by atoms with E-state index in [0.717, 1.165) is 6.42 Å². The Kier molecular flexibility index (Phi) is 3.39. The molecule has 4 nitrogen and oxygen atoms in total. The first-order chi connectivity index (χ1) is 7.92. The zero-order valence-corrected chi connectivity index (χ0v) is 11.5. The van der Waals surface area contributed by atoms with Crippen molar-refractivity contribution in [2.75, 3.05) is 12.3 Å². The van der Waals surface area contributed by atoms with Crippen LogP contribution in [0.1, 0.15) is 33.6 Å². The summed E-state index contributed by atoms with van der Waals surface area (Å²) in [6, 6.07) is -0.336. The van der Waals surface area contributed by atoms with Crippen molar-refractivity contribution in [3.63, 3.8) is 0 Å². The number of amides is 2. The summed E-state index contributed by atoms with van der Waals surface area (Å²) in [6.45, 7) is 6.06. The molecule has 0 saturated carbocycles. The predicted octanol–water partition coefficient (Wildman–Crippen LogP) is 1.01. The number of carbonyl (C=O) groups is 2. The van der Waals surface area contributed by atoms with Gasteiger partial charge in [0.1, 0.15) is 11.6 Å². The lowest BCUT2D eigenvalue weighted by atomic mass is 9.97. The largest absolute Gasteiger partial charge is 0.340 e. The van der Waals surface area contributed by atoms with Crippen molar-refractivity contribution in [3.05, 3.63) is 0 Å². The van der Waals surface area contributed by atoms with Crippen molar-refractivity contribution in [1.29, 1.82) is 0 Å². The number of carbonyl (C=O) groups excluding carboxylic acids is 2. The van der Waals surface area contributed by atoms with Crippen LogP contribution in [0.15, 0.2) is 0 Å². The molecule has 2 amide bonds. The minimum absolute atomic E-state index is 0.0390. The zero-order valence-electron chi connectivity index (χ0n) is 10.7. The van der Waals surface area contributed by atoms with Gasteiger partial charge < -0.3 is 10.2 Å². The molecule has 0 aliphatic carbocycles. The Morgan fingerprint density at radius 3 is 2.76 bits per heavy atom. The molecule has 96 valence electrons. The molecule has 2 atom stereocenters. The fourth-order valence-electron chi connectivity index (χ4n) is 2.39. The summed E-state index contributed by atoms with van der Waals surface area (Å²) in [4.78, 5) is 25.9. The second-order valence-electron chi connectivity index (χ2n) is 5.38. The highest BCUT2D eigenvalue weighted by Gasteiger charge is 2.44. The number of hydrogen-bond donors (Lipinski definition) is 1.